The van der Waals surface area contributed by atoms with Crippen LogP contribution in [0.2, 0.25) is 0 Å². The third-order valence-corrected chi connectivity index (χ3v) is 4.43. The normalized spacial score (nSPS) is 17.5. The number of aromatic nitrogens is 2. The van der Waals surface area contributed by atoms with E-state index < -0.39 is 5.54 Å². The average Bonchev–Trinajstić information content (AvgIpc) is 2.60. The van der Waals surface area contributed by atoms with E-state index in [1.54, 1.807) is 19.3 Å². The molecule has 1 saturated heterocycles. The van der Waals surface area contributed by atoms with Crippen molar-refractivity contribution in [2.45, 2.75) is 38.6 Å². The molecule has 0 spiro atoms. The van der Waals surface area contributed by atoms with E-state index in [4.69, 9.17) is 5.73 Å². The van der Waals surface area contributed by atoms with E-state index in [1.165, 1.54) is 0 Å². The number of carbonyl (C=O) groups is 1. The van der Waals surface area contributed by atoms with Gasteiger partial charge in [0.1, 0.15) is 0 Å². The number of amides is 1. The Labute approximate surface area is 156 Å². The van der Waals surface area contributed by atoms with Crippen molar-refractivity contribution in [3.8, 4) is 0 Å². The Hall–Kier alpha value is -1.44. The second kappa shape index (κ2) is 10.5. The standard InChI is InChI=1S/C17H30N6O.ClH/c1-3-6-17(2,18)15(24)19-9-5-10-22-11-13-23(14-12-22)16-20-7-4-8-21-16;/h4,7-8H,3,5-6,9-14,18H2,1-2H3,(H,19,24);1H. The molecule has 3 N–H and O–H groups in total. The van der Waals surface area contributed by atoms with Gasteiger partial charge in [0, 0.05) is 45.1 Å². The number of nitrogens with one attached hydrogen (secondary N) is 1. The van der Waals surface area contributed by atoms with Crippen molar-refractivity contribution >= 4 is 24.3 Å². The zero-order valence-corrected chi connectivity index (χ0v) is 16.1. The number of hydrogen-bond acceptors (Lipinski definition) is 6. The van der Waals surface area contributed by atoms with Gasteiger partial charge < -0.3 is 16.0 Å². The highest BCUT2D eigenvalue weighted by atomic mass is 35.5. The molecule has 0 bridgehead atoms. The molecule has 0 saturated carbocycles. The summed E-state index contributed by atoms with van der Waals surface area (Å²) in [7, 11) is 0. The Morgan fingerprint density at radius 3 is 2.52 bits per heavy atom. The summed E-state index contributed by atoms with van der Waals surface area (Å²) in [6, 6.07) is 1.83. The molecule has 1 aromatic heterocycles. The van der Waals surface area contributed by atoms with Gasteiger partial charge in [0.15, 0.2) is 0 Å². The lowest BCUT2D eigenvalue weighted by Crippen LogP contribution is -2.52. The minimum atomic E-state index is -0.754. The van der Waals surface area contributed by atoms with Crippen LogP contribution in [0.25, 0.3) is 0 Å². The first-order chi connectivity index (χ1) is 11.5. The Kier molecular flexibility index (Phi) is 9.10. The fourth-order valence-corrected chi connectivity index (χ4v) is 2.97. The first-order valence-electron chi connectivity index (χ1n) is 8.84. The number of anilines is 1. The summed E-state index contributed by atoms with van der Waals surface area (Å²) in [6.45, 7) is 9.38. The van der Waals surface area contributed by atoms with Crippen molar-refractivity contribution < 1.29 is 4.79 Å². The minimum Gasteiger partial charge on any atom is -0.354 e. The summed E-state index contributed by atoms with van der Waals surface area (Å²) in [5, 5.41) is 2.96. The number of nitrogens with two attached hydrogens (primary N) is 1. The molecule has 2 rings (SSSR count). The lowest BCUT2D eigenvalue weighted by atomic mass is 9.96. The van der Waals surface area contributed by atoms with Gasteiger partial charge in [-0.25, -0.2) is 9.97 Å². The van der Waals surface area contributed by atoms with E-state index in [0.29, 0.717) is 13.0 Å². The van der Waals surface area contributed by atoms with Crippen molar-refractivity contribution in [1.82, 2.24) is 20.2 Å². The van der Waals surface area contributed by atoms with E-state index in [9.17, 15) is 4.79 Å². The maximum atomic E-state index is 12.0. The number of halogens is 1. The van der Waals surface area contributed by atoms with Crippen molar-refractivity contribution in [3.05, 3.63) is 18.5 Å². The van der Waals surface area contributed by atoms with Crippen LogP contribution in [0.5, 0.6) is 0 Å². The lowest BCUT2D eigenvalue weighted by Gasteiger charge is -2.34. The van der Waals surface area contributed by atoms with Crippen LogP contribution in [0.4, 0.5) is 5.95 Å². The maximum Gasteiger partial charge on any atom is 0.239 e. The second-order valence-electron chi connectivity index (χ2n) is 6.65. The molecule has 0 aromatic carbocycles. The van der Waals surface area contributed by atoms with Crippen molar-refractivity contribution in [2.24, 2.45) is 5.73 Å². The Morgan fingerprint density at radius 2 is 1.92 bits per heavy atom. The Morgan fingerprint density at radius 1 is 1.28 bits per heavy atom. The van der Waals surface area contributed by atoms with E-state index in [-0.39, 0.29) is 18.3 Å². The molecule has 2 heterocycles. The van der Waals surface area contributed by atoms with Crippen LogP contribution in [-0.4, -0.2) is 65.6 Å². The third-order valence-electron chi connectivity index (χ3n) is 4.43. The fourth-order valence-electron chi connectivity index (χ4n) is 2.97. The number of rotatable bonds is 8. The van der Waals surface area contributed by atoms with E-state index >= 15 is 0 Å². The maximum absolute atomic E-state index is 12.0. The van der Waals surface area contributed by atoms with E-state index in [2.05, 4.69) is 25.1 Å². The van der Waals surface area contributed by atoms with Gasteiger partial charge in [-0.15, -0.1) is 12.4 Å². The van der Waals surface area contributed by atoms with Crippen molar-refractivity contribution in [2.75, 3.05) is 44.2 Å². The molecular weight excluding hydrogens is 340 g/mol. The largest absolute Gasteiger partial charge is 0.354 e. The van der Waals surface area contributed by atoms with E-state index in [1.807, 2.05) is 13.0 Å². The highest BCUT2D eigenvalue weighted by molar-refractivity contribution is 5.85. The van der Waals surface area contributed by atoms with Crippen LogP contribution in [0, 0.1) is 0 Å². The van der Waals surface area contributed by atoms with Crippen LogP contribution in [0.15, 0.2) is 18.5 Å². The van der Waals surface area contributed by atoms with Gasteiger partial charge in [-0.05, 0) is 32.4 Å². The van der Waals surface area contributed by atoms with Crippen LogP contribution in [0.3, 0.4) is 0 Å². The van der Waals surface area contributed by atoms with Gasteiger partial charge in [-0.2, -0.15) is 0 Å². The van der Waals surface area contributed by atoms with Crippen molar-refractivity contribution in [3.63, 3.8) is 0 Å². The molecule has 25 heavy (non-hydrogen) atoms. The Bertz CT molecular complexity index is 505. The smallest absolute Gasteiger partial charge is 0.239 e. The van der Waals surface area contributed by atoms with Crippen LogP contribution >= 0.6 is 12.4 Å². The Balaban J connectivity index is 0.00000312. The van der Waals surface area contributed by atoms with E-state index in [0.717, 1.165) is 51.5 Å². The number of carbonyl (C=O) groups excluding carboxylic acids is 1. The van der Waals surface area contributed by atoms with Gasteiger partial charge in [0.2, 0.25) is 11.9 Å². The summed E-state index contributed by atoms with van der Waals surface area (Å²) in [5.74, 6) is 0.762. The van der Waals surface area contributed by atoms with Crippen LogP contribution in [-0.2, 0) is 4.79 Å². The monoisotopic (exact) mass is 370 g/mol. The summed E-state index contributed by atoms with van der Waals surface area (Å²) in [4.78, 5) is 25.3. The van der Waals surface area contributed by atoms with Crippen LogP contribution < -0.4 is 16.0 Å². The van der Waals surface area contributed by atoms with Gasteiger partial charge in [0.25, 0.3) is 0 Å². The lowest BCUT2D eigenvalue weighted by molar-refractivity contribution is -0.126. The van der Waals surface area contributed by atoms with Gasteiger partial charge in [-0.3, -0.25) is 9.69 Å². The topological polar surface area (TPSA) is 87.4 Å². The molecular formula is C17H31ClN6O. The zero-order chi connectivity index (χ0) is 17.4. The summed E-state index contributed by atoms with van der Waals surface area (Å²) >= 11 is 0. The molecule has 1 aromatic rings. The molecule has 1 aliphatic heterocycles. The van der Waals surface area contributed by atoms with Gasteiger partial charge in [-0.1, -0.05) is 13.3 Å². The predicted octanol–water partition coefficient (Wildman–Crippen LogP) is 1.04. The summed E-state index contributed by atoms with van der Waals surface area (Å²) < 4.78 is 0. The number of piperazine rings is 1. The first kappa shape index (κ1) is 21.6. The minimum absolute atomic E-state index is 0. The highest BCUT2D eigenvalue weighted by Crippen LogP contribution is 2.10. The van der Waals surface area contributed by atoms with Gasteiger partial charge >= 0.3 is 0 Å². The quantitative estimate of drug-likeness (QED) is 0.665. The zero-order valence-electron chi connectivity index (χ0n) is 15.3. The summed E-state index contributed by atoms with van der Waals surface area (Å²) in [6.07, 6.45) is 6.12. The predicted molar refractivity (Wildman–Crippen MR) is 103 cm³/mol. The second-order valence-corrected chi connectivity index (χ2v) is 6.65. The average molecular weight is 371 g/mol. The first-order valence-corrected chi connectivity index (χ1v) is 8.84. The van der Waals surface area contributed by atoms with Gasteiger partial charge in [0.05, 0.1) is 5.54 Å². The third kappa shape index (κ3) is 6.76. The molecule has 8 heteroatoms. The molecule has 1 amide bonds. The molecule has 1 unspecified atom stereocenters. The number of hydrogen-bond donors (Lipinski definition) is 2. The molecule has 1 atom stereocenters. The highest BCUT2D eigenvalue weighted by Gasteiger charge is 2.26. The van der Waals surface area contributed by atoms with Crippen molar-refractivity contribution in [1.29, 1.82) is 0 Å². The molecule has 1 fully saturated rings. The molecule has 142 valence electrons. The van der Waals surface area contributed by atoms with Crippen LogP contribution in [0.1, 0.15) is 33.1 Å². The molecule has 1 aliphatic rings. The SMILES string of the molecule is CCCC(C)(N)C(=O)NCCCN1CCN(c2ncccn2)CC1.Cl. The fraction of sp³-hybridized carbons (Fsp3) is 0.706. The molecule has 0 radical (unpaired) electrons. The number of nitrogens with zero attached hydrogens (tertiary/aromatic N) is 4. The molecule has 0 aliphatic carbocycles. The summed E-state index contributed by atoms with van der Waals surface area (Å²) in [5.41, 5.74) is 5.27. The molecule has 7 nitrogen and oxygen atoms in total.